The summed E-state index contributed by atoms with van der Waals surface area (Å²) in [5.74, 6) is 2.45. The molecule has 4 atom stereocenters. The molecule has 0 aromatic rings. The van der Waals surface area contributed by atoms with Crippen LogP contribution in [0.15, 0.2) is 0 Å². The zero-order chi connectivity index (χ0) is 18.6. The second-order valence-corrected chi connectivity index (χ2v) is 9.57. The third kappa shape index (κ3) is 5.89. The summed E-state index contributed by atoms with van der Waals surface area (Å²) in [6, 6.07) is 0. The normalized spacial score (nSPS) is 41.1. The molecule has 27 heavy (non-hydrogen) atoms. The lowest BCUT2D eigenvalue weighted by atomic mass is 9.79. The van der Waals surface area contributed by atoms with Gasteiger partial charge in [-0.25, -0.2) is 0 Å². The number of epoxide rings is 2. The Kier molecular flexibility index (Phi) is 7.09. The molecule has 0 aromatic heterocycles. The summed E-state index contributed by atoms with van der Waals surface area (Å²) in [5, 5.41) is 18.7. The fraction of sp³-hybridized carbons (Fsp3) is 1.00. The van der Waals surface area contributed by atoms with Crippen LogP contribution in [0.5, 0.6) is 0 Å². The van der Waals surface area contributed by atoms with Crippen LogP contribution in [0.3, 0.4) is 0 Å². The number of hydrogen-bond donors (Lipinski definition) is 2. The number of aliphatic hydroxyl groups is 2. The number of ether oxygens (including phenoxy) is 3. The van der Waals surface area contributed by atoms with Crippen molar-refractivity contribution >= 4 is 0 Å². The van der Waals surface area contributed by atoms with Crippen LogP contribution >= 0.6 is 0 Å². The van der Waals surface area contributed by atoms with E-state index in [0.29, 0.717) is 36.9 Å². The van der Waals surface area contributed by atoms with Gasteiger partial charge in [0.15, 0.2) is 0 Å². The Morgan fingerprint density at radius 1 is 0.630 bits per heavy atom. The molecule has 156 valence electrons. The van der Waals surface area contributed by atoms with E-state index in [4.69, 9.17) is 14.2 Å². The molecular weight excluding hydrogens is 344 g/mol. The molecule has 0 bridgehead atoms. The van der Waals surface area contributed by atoms with Crippen LogP contribution in [0.25, 0.3) is 0 Å². The van der Waals surface area contributed by atoms with Gasteiger partial charge < -0.3 is 24.4 Å². The zero-order valence-corrected chi connectivity index (χ0v) is 16.6. The van der Waals surface area contributed by atoms with E-state index in [-0.39, 0.29) is 24.4 Å². The minimum atomic E-state index is 0.212. The van der Waals surface area contributed by atoms with Crippen molar-refractivity contribution in [3.05, 3.63) is 0 Å². The Morgan fingerprint density at radius 2 is 0.963 bits per heavy atom. The molecular formula is C22H38O5. The molecule has 5 heteroatoms. The standard InChI is InChI=1S/C22H38O5/c23-11-17-5-1-15(2-6-17)9-19(21-13-25-21)27-20(22-14-26-22)10-16-3-7-18(12-24)8-4-16/h15-24H,1-14H2. The molecule has 4 unspecified atom stereocenters. The summed E-state index contributed by atoms with van der Waals surface area (Å²) in [6.45, 7) is 2.38. The maximum atomic E-state index is 9.36. The van der Waals surface area contributed by atoms with Crippen LogP contribution in [-0.2, 0) is 14.2 Å². The Hall–Kier alpha value is -0.200. The molecule has 2 saturated carbocycles. The van der Waals surface area contributed by atoms with Crippen LogP contribution in [-0.4, -0.2) is 61.1 Å². The molecule has 2 N–H and O–H groups in total. The van der Waals surface area contributed by atoms with Crippen LogP contribution in [0, 0.1) is 23.7 Å². The summed E-state index contributed by atoms with van der Waals surface area (Å²) in [4.78, 5) is 0. The summed E-state index contributed by atoms with van der Waals surface area (Å²) in [6.07, 6.45) is 12.7. The van der Waals surface area contributed by atoms with E-state index in [1.807, 2.05) is 0 Å². The van der Waals surface area contributed by atoms with Gasteiger partial charge in [-0.05, 0) is 62.2 Å². The lowest BCUT2D eigenvalue weighted by molar-refractivity contribution is -0.0631. The van der Waals surface area contributed by atoms with Crippen LogP contribution in [0.1, 0.15) is 64.2 Å². The quantitative estimate of drug-likeness (QED) is 0.568. The summed E-state index contributed by atoms with van der Waals surface area (Å²) in [5.41, 5.74) is 0. The molecule has 4 rings (SSSR count). The zero-order valence-electron chi connectivity index (χ0n) is 16.6. The van der Waals surface area contributed by atoms with Crippen molar-refractivity contribution in [1.82, 2.24) is 0 Å². The molecule has 4 fully saturated rings. The topological polar surface area (TPSA) is 74.8 Å². The van der Waals surface area contributed by atoms with E-state index in [1.54, 1.807) is 0 Å². The Balaban J connectivity index is 1.27. The van der Waals surface area contributed by atoms with E-state index in [9.17, 15) is 10.2 Å². The van der Waals surface area contributed by atoms with Crippen LogP contribution < -0.4 is 0 Å². The van der Waals surface area contributed by atoms with E-state index < -0.39 is 0 Å². The highest BCUT2D eigenvalue weighted by atomic mass is 16.6. The van der Waals surface area contributed by atoms with Gasteiger partial charge in [0.25, 0.3) is 0 Å². The van der Waals surface area contributed by atoms with E-state index in [1.165, 1.54) is 25.7 Å². The Bertz CT molecular complexity index is 394. The third-order valence-corrected chi connectivity index (χ3v) is 7.48. The van der Waals surface area contributed by atoms with Gasteiger partial charge in [0.05, 0.1) is 25.4 Å². The highest BCUT2D eigenvalue weighted by Crippen LogP contribution is 2.38. The van der Waals surface area contributed by atoms with Gasteiger partial charge in [-0.15, -0.1) is 0 Å². The predicted molar refractivity (Wildman–Crippen MR) is 102 cm³/mol. The van der Waals surface area contributed by atoms with Crippen molar-refractivity contribution < 1.29 is 24.4 Å². The van der Waals surface area contributed by atoms with Gasteiger partial charge in [0.2, 0.25) is 0 Å². The van der Waals surface area contributed by atoms with Crippen molar-refractivity contribution in [2.24, 2.45) is 23.7 Å². The SMILES string of the molecule is OCC1CCC(CC(OC(CC2CCC(CO)CC2)C2CO2)C2CO2)CC1. The molecule has 2 heterocycles. The number of hydrogen-bond acceptors (Lipinski definition) is 5. The fourth-order valence-corrected chi connectivity index (χ4v) is 5.31. The molecule has 0 amide bonds. The molecule has 2 aliphatic carbocycles. The second-order valence-electron chi connectivity index (χ2n) is 9.57. The minimum Gasteiger partial charge on any atom is -0.396 e. The Labute approximate surface area is 163 Å². The summed E-state index contributed by atoms with van der Waals surface area (Å²) >= 11 is 0. The van der Waals surface area contributed by atoms with Crippen molar-refractivity contribution in [2.45, 2.75) is 88.6 Å². The lowest BCUT2D eigenvalue weighted by Gasteiger charge is -2.33. The second kappa shape index (κ2) is 9.53. The highest BCUT2D eigenvalue weighted by molar-refractivity contribution is 4.89. The van der Waals surface area contributed by atoms with E-state index in [0.717, 1.165) is 51.7 Å². The largest absolute Gasteiger partial charge is 0.396 e. The van der Waals surface area contributed by atoms with Crippen molar-refractivity contribution in [2.75, 3.05) is 26.4 Å². The van der Waals surface area contributed by atoms with Crippen LogP contribution in [0.4, 0.5) is 0 Å². The molecule has 0 radical (unpaired) electrons. The first-order valence-electron chi connectivity index (χ1n) is 11.4. The van der Waals surface area contributed by atoms with Gasteiger partial charge in [-0.3, -0.25) is 0 Å². The van der Waals surface area contributed by atoms with Crippen molar-refractivity contribution in [1.29, 1.82) is 0 Å². The first kappa shape index (κ1) is 20.1. The third-order valence-electron chi connectivity index (χ3n) is 7.48. The predicted octanol–water partition coefficient (Wildman–Crippen LogP) is 2.92. The van der Waals surface area contributed by atoms with Gasteiger partial charge in [0.1, 0.15) is 12.2 Å². The maximum absolute atomic E-state index is 9.36. The first-order valence-corrected chi connectivity index (χ1v) is 11.4. The maximum Gasteiger partial charge on any atom is 0.107 e. The monoisotopic (exact) mass is 382 g/mol. The van der Waals surface area contributed by atoms with Gasteiger partial charge in [-0.2, -0.15) is 0 Å². The average molecular weight is 383 g/mol. The van der Waals surface area contributed by atoms with E-state index in [2.05, 4.69) is 0 Å². The minimum absolute atomic E-state index is 0.212. The van der Waals surface area contributed by atoms with E-state index >= 15 is 0 Å². The summed E-state index contributed by atoms with van der Waals surface area (Å²) in [7, 11) is 0. The molecule has 2 saturated heterocycles. The van der Waals surface area contributed by atoms with Gasteiger partial charge in [0, 0.05) is 13.2 Å². The van der Waals surface area contributed by atoms with Gasteiger partial charge in [-0.1, -0.05) is 25.7 Å². The van der Waals surface area contributed by atoms with Crippen molar-refractivity contribution in [3.8, 4) is 0 Å². The smallest absolute Gasteiger partial charge is 0.107 e. The first-order chi connectivity index (χ1) is 13.2. The molecule has 0 aromatic carbocycles. The summed E-state index contributed by atoms with van der Waals surface area (Å²) < 4.78 is 17.9. The fourth-order valence-electron chi connectivity index (χ4n) is 5.31. The molecule has 5 nitrogen and oxygen atoms in total. The number of rotatable bonds is 10. The highest BCUT2D eigenvalue weighted by Gasteiger charge is 2.42. The van der Waals surface area contributed by atoms with Crippen molar-refractivity contribution in [3.63, 3.8) is 0 Å². The lowest BCUT2D eigenvalue weighted by Crippen LogP contribution is -2.34. The van der Waals surface area contributed by atoms with Gasteiger partial charge >= 0.3 is 0 Å². The number of aliphatic hydroxyl groups excluding tert-OH is 2. The molecule has 2 aliphatic heterocycles. The molecule has 4 aliphatic rings. The average Bonchev–Trinajstić information content (AvgIpc) is 3.60. The Morgan fingerprint density at radius 3 is 1.26 bits per heavy atom. The molecule has 0 spiro atoms. The van der Waals surface area contributed by atoms with Crippen LogP contribution in [0.2, 0.25) is 0 Å².